The van der Waals surface area contributed by atoms with Crippen molar-refractivity contribution in [1.82, 2.24) is 0 Å². The number of hydrogen-bond acceptors (Lipinski definition) is 1. The van der Waals surface area contributed by atoms with Crippen LogP contribution < -0.4 is 0 Å². The van der Waals surface area contributed by atoms with Gasteiger partial charge in [0.25, 0.3) is 0 Å². The minimum atomic E-state index is 0.199. The van der Waals surface area contributed by atoms with E-state index in [1.54, 1.807) is 0 Å². The van der Waals surface area contributed by atoms with Gasteiger partial charge in [-0.05, 0) is 17.4 Å². The first-order valence-corrected chi connectivity index (χ1v) is 5.87. The van der Waals surface area contributed by atoms with Crippen molar-refractivity contribution in [1.29, 1.82) is 0 Å². The largest absolute Gasteiger partial charge is 0.199 e. The molecule has 1 aliphatic heterocycles. The van der Waals surface area contributed by atoms with Crippen molar-refractivity contribution in [3.63, 3.8) is 0 Å². The molecule has 0 N–H and O–H groups in total. The Morgan fingerprint density at radius 2 is 1.73 bits per heavy atom. The Kier molecular flexibility index (Phi) is 3.09. The number of hydrogen-bond donors (Lipinski definition) is 0. The third kappa shape index (κ3) is 2.47. The molecule has 2 nitrogen and oxygen atoms in total. The molecule has 15 heavy (non-hydrogen) atoms. The van der Waals surface area contributed by atoms with Gasteiger partial charge < -0.3 is 0 Å². The molecule has 0 amide bonds. The summed E-state index contributed by atoms with van der Waals surface area (Å²) in [5, 5.41) is 4.52. The van der Waals surface area contributed by atoms with Gasteiger partial charge in [0.1, 0.15) is 0 Å². The maximum absolute atomic E-state index is 4.52. The molecule has 0 aromatic carbocycles. The smallest absolute Gasteiger partial charge is 0.0918 e. The highest BCUT2D eigenvalue weighted by Gasteiger charge is 2.44. The van der Waals surface area contributed by atoms with Gasteiger partial charge in [0, 0.05) is 5.41 Å². The minimum Gasteiger partial charge on any atom is -0.0918 e. The van der Waals surface area contributed by atoms with Gasteiger partial charge in [0.05, 0.1) is 12.1 Å². The number of nitrogens with zero attached hydrogens (tertiary/aromatic N) is 2. The fourth-order valence-electron chi connectivity index (χ4n) is 2.18. The van der Waals surface area contributed by atoms with Crippen LogP contribution in [0.5, 0.6) is 0 Å². The van der Waals surface area contributed by atoms with Crippen LogP contribution in [0.25, 0.3) is 0 Å². The van der Waals surface area contributed by atoms with Gasteiger partial charge in [-0.15, -0.1) is 0 Å². The highest BCUT2D eigenvalue weighted by Crippen LogP contribution is 2.34. The fraction of sp³-hybridized carbons (Fsp3) is 0.846. The van der Waals surface area contributed by atoms with Gasteiger partial charge in [0.2, 0.25) is 0 Å². The molecule has 0 spiro atoms. The second-order valence-corrected chi connectivity index (χ2v) is 6.46. The topological polar surface area (TPSA) is 15.4 Å². The van der Waals surface area contributed by atoms with Gasteiger partial charge in [0.15, 0.2) is 12.3 Å². The van der Waals surface area contributed by atoms with Crippen LogP contribution in [0.1, 0.15) is 48.5 Å². The molecule has 0 radical (unpaired) electrons. The zero-order valence-electron chi connectivity index (χ0n) is 11.3. The Morgan fingerprint density at radius 3 is 2.07 bits per heavy atom. The van der Waals surface area contributed by atoms with Crippen LogP contribution in [-0.4, -0.2) is 23.2 Å². The first-order valence-electron chi connectivity index (χ1n) is 5.87. The first kappa shape index (κ1) is 12.4. The molecule has 2 heteroatoms. The third-order valence-electron chi connectivity index (χ3n) is 2.93. The van der Waals surface area contributed by atoms with Crippen LogP contribution >= 0.6 is 0 Å². The average molecular weight is 209 g/mol. The van der Waals surface area contributed by atoms with Crippen LogP contribution in [-0.2, 0) is 0 Å². The Labute approximate surface area is 94.1 Å². The Balaban J connectivity index is 3.16. The Bertz CT molecular complexity index is 297. The van der Waals surface area contributed by atoms with Crippen LogP contribution in [0.3, 0.4) is 0 Å². The minimum absolute atomic E-state index is 0.199. The van der Waals surface area contributed by atoms with Gasteiger partial charge in [-0.25, -0.2) is 0 Å². The van der Waals surface area contributed by atoms with Gasteiger partial charge >= 0.3 is 0 Å². The van der Waals surface area contributed by atoms with E-state index in [9.17, 15) is 0 Å². The van der Waals surface area contributed by atoms with Crippen molar-refractivity contribution < 1.29 is 4.68 Å². The van der Waals surface area contributed by atoms with Crippen LogP contribution in [0.2, 0.25) is 0 Å². The van der Waals surface area contributed by atoms with E-state index in [0.29, 0.717) is 5.92 Å². The summed E-state index contributed by atoms with van der Waals surface area (Å²) in [7, 11) is 0. The van der Waals surface area contributed by atoms with E-state index in [4.69, 9.17) is 0 Å². The van der Waals surface area contributed by atoms with Crippen molar-refractivity contribution in [2.45, 2.75) is 48.5 Å². The van der Waals surface area contributed by atoms with Crippen molar-refractivity contribution in [3.05, 3.63) is 0 Å². The highest BCUT2D eigenvalue weighted by atomic mass is 15.4. The zero-order valence-corrected chi connectivity index (χ0v) is 11.3. The molecule has 0 saturated carbocycles. The summed E-state index contributed by atoms with van der Waals surface area (Å²) in [6.45, 7) is 16.8. The Morgan fingerprint density at radius 1 is 1.20 bits per heavy atom. The van der Waals surface area contributed by atoms with Crippen molar-refractivity contribution in [3.8, 4) is 0 Å². The van der Waals surface area contributed by atoms with Gasteiger partial charge in [-0.2, -0.15) is 0 Å². The van der Waals surface area contributed by atoms with Gasteiger partial charge in [-0.3, -0.25) is 0 Å². The Hall–Kier alpha value is -0.660. The summed E-state index contributed by atoms with van der Waals surface area (Å²) in [6.07, 6.45) is 2.12. The van der Waals surface area contributed by atoms with Crippen LogP contribution in [0.4, 0.5) is 0 Å². The van der Waals surface area contributed by atoms with E-state index < -0.39 is 0 Å². The molecule has 1 rings (SSSR count). The molecule has 1 unspecified atom stereocenters. The molecule has 0 aliphatic carbocycles. The molecule has 86 valence electrons. The van der Waals surface area contributed by atoms with E-state index >= 15 is 0 Å². The molecule has 1 atom stereocenters. The second-order valence-electron chi connectivity index (χ2n) is 6.46. The standard InChI is InChI=1S/C13H25N2/c1-8-15-11(13(5,6)7)10(9-14-15)12(2,3)4/h9-10H,8H2,1-7H3/q+1. The van der Waals surface area contributed by atoms with Gasteiger partial charge in [-0.1, -0.05) is 46.2 Å². The normalized spacial score (nSPS) is 22.7. The summed E-state index contributed by atoms with van der Waals surface area (Å²) in [6, 6.07) is 0. The quantitative estimate of drug-likeness (QED) is 0.590. The molecular formula is C13H25N2+. The van der Waals surface area contributed by atoms with E-state index in [1.165, 1.54) is 5.71 Å². The van der Waals surface area contributed by atoms with Crippen LogP contribution in [0, 0.1) is 16.7 Å². The fourth-order valence-corrected chi connectivity index (χ4v) is 2.18. The van der Waals surface area contributed by atoms with Crippen molar-refractivity contribution >= 4 is 11.9 Å². The average Bonchev–Trinajstić information content (AvgIpc) is 2.44. The highest BCUT2D eigenvalue weighted by molar-refractivity contribution is 6.01. The van der Waals surface area contributed by atoms with Crippen LogP contribution in [0.15, 0.2) is 5.10 Å². The maximum atomic E-state index is 4.52. The summed E-state index contributed by atoms with van der Waals surface area (Å²) in [4.78, 5) is 0. The predicted octanol–water partition coefficient (Wildman–Crippen LogP) is 3.17. The zero-order chi connectivity index (χ0) is 11.9. The van der Waals surface area contributed by atoms with Crippen molar-refractivity contribution in [2.75, 3.05) is 6.54 Å². The monoisotopic (exact) mass is 209 g/mol. The lowest BCUT2D eigenvalue weighted by molar-refractivity contribution is -0.530. The maximum Gasteiger partial charge on any atom is 0.199 e. The lowest BCUT2D eigenvalue weighted by Gasteiger charge is -2.28. The lowest BCUT2D eigenvalue weighted by Crippen LogP contribution is -2.39. The number of hydrazone groups is 1. The summed E-state index contributed by atoms with van der Waals surface area (Å²) >= 11 is 0. The van der Waals surface area contributed by atoms with E-state index in [0.717, 1.165) is 6.54 Å². The molecule has 1 aliphatic rings. The van der Waals surface area contributed by atoms with E-state index in [2.05, 4.69) is 64.5 Å². The molecule has 0 fully saturated rings. The molecule has 1 heterocycles. The van der Waals surface area contributed by atoms with E-state index in [1.807, 2.05) is 0 Å². The molecule has 0 saturated heterocycles. The van der Waals surface area contributed by atoms with E-state index in [-0.39, 0.29) is 10.8 Å². The molecule has 0 aromatic rings. The van der Waals surface area contributed by atoms with Crippen molar-refractivity contribution in [2.24, 2.45) is 21.8 Å². The molecular weight excluding hydrogens is 184 g/mol. The number of rotatable bonds is 1. The second kappa shape index (κ2) is 3.73. The third-order valence-corrected chi connectivity index (χ3v) is 2.93. The summed E-state index contributed by atoms with van der Waals surface area (Å²) < 4.78 is 2.16. The first-order chi connectivity index (χ1) is 6.68. The molecule has 0 bridgehead atoms. The molecule has 0 aromatic heterocycles. The summed E-state index contributed by atoms with van der Waals surface area (Å²) in [5.41, 5.74) is 1.91. The SMILES string of the molecule is CC[N+]1=C(C(C)(C)C)C(C(C)(C)C)C=N1. The lowest BCUT2D eigenvalue weighted by atomic mass is 9.71. The summed E-state index contributed by atoms with van der Waals surface area (Å²) in [5.74, 6) is 0.470. The predicted molar refractivity (Wildman–Crippen MR) is 66.7 cm³/mol.